The summed E-state index contributed by atoms with van der Waals surface area (Å²) in [5.74, 6) is 0. The second kappa shape index (κ2) is 3.41. The van der Waals surface area contributed by atoms with E-state index in [1.54, 1.807) is 5.57 Å². The van der Waals surface area contributed by atoms with Crippen molar-refractivity contribution in [3.05, 3.63) is 22.8 Å². The van der Waals surface area contributed by atoms with Gasteiger partial charge in [0.05, 0.1) is 0 Å². The third-order valence-corrected chi connectivity index (χ3v) is 2.91. The van der Waals surface area contributed by atoms with Crippen LogP contribution in [0.2, 0.25) is 0 Å². The van der Waals surface area contributed by atoms with E-state index in [1.807, 2.05) is 0 Å². The minimum absolute atomic E-state index is 0. The molecule has 0 bridgehead atoms. The summed E-state index contributed by atoms with van der Waals surface area (Å²) >= 11 is 0. The minimum Gasteiger partial charge on any atom is -0.361 e. The molecule has 1 heterocycles. The molecule has 1 aromatic rings. The zero-order valence-corrected chi connectivity index (χ0v) is 8.48. The van der Waals surface area contributed by atoms with Gasteiger partial charge >= 0.3 is 0 Å². The summed E-state index contributed by atoms with van der Waals surface area (Å²) in [6.45, 7) is 4.50. The van der Waals surface area contributed by atoms with Gasteiger partial charge in [-0.25, -0.2) is 0 Å². The first-order valence-electron chi connectivity index (χ1n) is 5.18. The van der Waals surface area contributed by atoms with Gasteiger partial charge in [0.15, 0.2) is 0 Å². The Labute approximate surface area is 80.7 Å². The number of nitrogens with one attached hydrogen (secondary N) is 1. The molecular formula is C12H19N. The molecular weight excluding hydrogens is 158 g/mol. The first-order valence-corrected chi connectivity index (χ1v) is 5.18. The molecule has 0 fully saturated rings. The van der Waals surface area contributed by atoms with Crippen LogP contribution in [0.4, 0.5) is 0 Å². The average molecular weight is 177 g/mol. The molecule has 0 saturated heterocycles. The van der Waals surface area contributed by atoms with Crippen LogP contribution in [0.25, 0.3) is 11.1 Å². The van der Waals surface area contributed by atoms with Crippen molar-refractivity contribution in [3.8, 4) is 0 Å². The highest BCUT2D eigenvalue weighted by molar-refractivity contribution is 5.55. The molecule has 1 aliphatic rings. The van der Waals surface area contributed by atoms with Crippen LogP contribution in [0.15, 0.2) is 12.3 Å². The van der Waals surface area contributed by atoms with Gasteiger partial charge in [-0.2, -0.15) is 0 Å². The Morgan fingerprint density at radius 3 is 3.08 bits per heavy atom. The molecule has 1 aromatic heterocycles. The normalized spacial score (nSPS) is 16.2. The van der Waals surface area contributed by atoms with Crippen molar-refractivity contribution in [1.29, 1.82) is 0 Å². The van der Waals surface area contributed by atoms with E-state index in [9.17, 15) is 0 Å². The number of H-pyrrole nitrogens is 1. The van der Waals surface area contributed by atoms with E-state index in [0.29, 0.717) is 0 Å². The van der Waals surface area contributed by atoms with Gasteiger partial charge < -0.3 is 4.98 Å². The monoisotopic (exact) mass is 177 g/mol. The highest BCUT2D eigenvalue weighted by Crippen LogP contribution is 2.17. The highest BCUT2D eigenvalue weighted by atomic mass is 14.7. The van der Waals surface area contributed by atoms with E-state index in [4.69, 9.17) is 0 Å². The van der Waals surface area contributed by atoms with Crippen molar-refractivity contribution in [2.45, 2.75) is 39.5 Å². The van der Waals surface area contributed by atoms with E-state index in [-0.39, 0.29) is 1.43 Å². The summed E-state index contributed by atoms with van der Waals surface area (Å²) in [5, 5.41) is 2.86. The van der Waals surface area contributed by atoms with E-state index in [2.05, 4.69) is 31.1 Å². The Morgan fingerprint density at radius 1 is 1.46 bits per heavy atom. The van der Waals surface area contributed by atoms with Gasteiger partial charge in [-0.3, -0.25) is 0 Å². The minimum atomic E-state index is 0. The molecule has 0 amide bonds. The van der Waals surface area contributed by atoms with Crippen molar-refractivity contribution >= 4 is 11.1 Å². The van der Waals surface area contributed by atoms with Crippen LogP contribution in [-0.4, -0.2) is 4.98 Å². The Balaban J connectivity index is 0.000000980. The van der Waals surface area contributed by atoms with E-state index < -0.39 is 0 Å². The van der Waals surface area contributed by atoms with Crippen LogP contribution in [0.1, 0.15) is 41.0 Å². The maximum Gasteiger partial charge on any atom is 0.0445 e. The molecule has 1 aliphatic carbocycles. The predicted molar refractivity (Wildman–Crippen MR) is 58.8 cm³/mol. The van der Waals surface area contributed by atoms with Gasteiger partial charge in [-0.15, -0.1) is 0 Å². The van der Waals surface area contributed by atoms with Gasteiger partial charge in [-0.05, 0) is 43.0 Å². The summed E-state index contributed by atoms with van der Waals surface area (Å²) in [6.07, 6.45) is 7.08. The Bertz CT molecular complexity index is 414. The molecule has 1 nitrogen and oxygen atoms in total. The third kappa shape index (κ3) is 1.43. The van der Waals surface area contributed by atoms with Crippen molar-refractivity contribution < 1.29 is 1.43 Å². The molecule has 0 radical (unpaired) electrons. The maximum atomic E-state index is 3.37. The van der Waals surface area contributed by atoms with Gasteiger partial charge in [0.2, 0.25) is 0 Å². The highest BCUT2D eigenvalue weighted by Gasteiger charge is 2.07. The molecule has 0 spiro atoms. The van der Waals surface area contributed by atoms with Crippen LogP contribution in [0.3, 0.4) is 0 Å². The van der Waals surface area contributed by atoms with Crippen LogP contribution in [-0.2, 0) is 0 Å². The topological polar surface area (TPSA) is 15.8 Å². The first-order chi connectivity index (χ1) is 6.33. The van der Waals surface area contributed by atoms with Crippen molar-refractivity contribution in [1.82, 2.24) is 4.98 Å². The third-order valence-electron chi connectivity index (χ3n) is 2.91. The van der Waals surface area contributed by atoms with Gasteiger partial charge in [-0.1, -0.05) is 18.9 Å². The lowest BCUT2D eigenvalue weighted by Gasteiger charge is -2.10. The van der Waals surface area contributed by atoms with Gasteiger partial charge in [0.1, 0.15) is 0 Å². The molecule has 72 valence electrons. The summed E-state index contributed by atoms with van der Waals surface area (Å²) in [7, 11) is 0. The Kier molecular flexibility index (Phi) is 2.26. The zero-order valence-electron chi connectivity index (χ0n) is 8.48. The first kappa shape index (κ1) is 8.61. The lowest BCUT2D eigenvalue weighted by molar-refractivity contribution is 0.889. The number of rotatable bonds is 2. The van der Waals surface area contributed by atoms with Crippen molar-refractivity contribution in [2.24, 2.45) is 0 Å². The van der Waals surface area contributed by atoms with E-state index in [1.165, 1.54) is 41.8 Å². The smallest absolute Gasteiger partial charge is 0.0445 e. The molecule has 0 unspecified atom stereocenters. The van der Waals surface area contributed by atoms with Crippen molar-refractivity contribution in [3.63, 3.8) is 0 Å². The average Bonchev–Trinajstić information content (AvgIpc) is 2.59. The molecule has 0 aromatic carbocycles. The summed E-state index contributed by atoms with van der Waals surface area (Å²) in [6, 6.07) is 2.21. The van der Waals surface area contributed by atoms with Gasteiger partial charge in [0, 0.05) is 13.0 Å². The number of fused-ring (bicyclic) bond motifs is 1. The summed E-state index contributed by atoms with van der Waals surface area (Å²) < 4.78 is 0. The maximum absolute atomic E-state index is 3.37. The largest absolute Gasteiger partial charge is 0.361 e. The predicted octanol–water partition coefficient (Wildman–Crippen LogP) is 2.18. The molecule has 0 atom stereocenters. The van der Waals surface area contributed by atoms with Gasteiger partial charge in [0.25, 0.3) is 0 Å². The fraction of sp³-hybridized carbons (Fsp3) is 0.500. The number of aromatic nitrogens is 1. The molecule has 1 heteroatoms. The zero-order chi connectivity index (χ0) is 9.26. The van der Waals surface area contributed by atoms with E-state index >= 15 is 0 Å². The van der Waals surface area contributed by atoms with Crippen LogP contribution in [0, 0.1) is 0 Å². The molecule has 2 rings (SSSR count). The molecule has 0 saturated carbocycles. The number of hydrogen-bond acceptors (Lipinski definition) is 0. The lowest BCUT2D eigenvalue weighted by atomic mass is 9.96. The fourth-order valence-electron chi connectivity index (χ4n) is 2.17. The number of aromatic amines is 1. The second-order valence-electron chi connectivity index (χ2n) is 3.90. The lowest BCUT2D eigenvalue weighted by Crippen LogP contribution is -2.30. The standard InChI is InChI=1S/C12H17N.H2/c1-3-4-10-6-5-9(2)11-7-8-13-12(10)11;/h7-8,13H,3-6H2,1-2H3;1H. The summed E-state index contributed by atoms with van der Waals surface area (Å²) in [5.41, 5.74) is 3.16. The van der Waals surface area contributed by atoms with Crippen LogP contribution in [0.5, 0.6) is 0 Å². The molecule has 13 heavy (non-hydrogen) atoms. The van der Waals surface area contributed by atoms with E-state index in [0.717, 1.165) is 0 Å². The fourth-order valence-corrected chi connectivity index (χ4v) is 2.17. The SMILES string of the molecule is CCCC1=c2[nH]ccc2=C(C)CC1.[HH]. The second-order valence-corrected chi connectivity index (χ2v) is 3.90. The Morgan fingerprint density at radius 2 is 2.31 bits per heavy atom. The van der Waals surface area contributed by atoms with Crippen molar-refractivity contribution in [2.75, 3.05) is 0 Å². The van der Waals surface area contributed by atoms with Crippen LogP contribution < -0.4 is 10.6 Å². The number of hydrogen-bond donors (Lipinski definition) is 1. The summed E-state index contributed by atoms with van der Waals surface area (Å²) in [4.78, 5) is 3.37. The molecule has 0 aliphatic heterocycles. The quantitative estimate of drug-likeness (QED) is 0.712. The molecule has 1 N–H and O–H groups in total. The Hall–Kier alpha value is -0.980. The van der Waals surface area contributed by atoms with Crippen LogP contribution >= 0.6 is 0 Å².